The third-order valence-electron chi connectivity index (χ3n) is 3.33. The van der Waals surface area contributed by atoms with E-state index in [1.807, 2.05) is 0 Å². The van der Waals surface area contributed by atoms with Gasteiger partial charge in [-0.25, -0.2) is 0 Å². The van der Waals surface area contributed by atoms with E-state index in [2.05, 4.69) is 10.5 Å². The maximum absolute atomic E-state index is 12.1. The molecular formula is C14H18ClN3O3. The minimum Gasteiger partial charge on any atom is -0.409 e. The normalized spacial score (nSPS) is 19.3. The van der Waals surface area contributed by atoms with Crippen LogP contribution in [-0.2, 0) is 9.53 Å². The van der Waals surface area contributed by atoms with Crippen molar-refractivity contribution >= 4 is 29.0 Å². The van der Waals surface area contributed by atoms with Crippen LogP contribution in [0.5, 0.6) is 0 Å². The van der Waals surface area contributed by atoms with Crippen molar-refractivity contribution in [2.45, 2.75) is 31.8 Å². The van der Waals surface area contributed by atoms with Gasteiger partial charge in [0, 0.05) is 17.2 Å². The fourth-order valence-corrected chi connectivity index (χ4v) is 2.45. The van der Waals surface area contributed by atoms with Crippen molar-refractivity contribution in [3.05, 3.63) is 28.8 Å². The molecule has 6 nitrogen and oxygen atoms in total. The first-order valence-corrected chi connectivity index (χ1v) is 7.17. The third-order valence-corrected chi connectivity index (χ3v) is 3.56. The number of anilines is 1. The van der Waals surface area contributed by atoms with Crippen LogP contribution in [0.4, 0.5) is 5.69 Å². The number of amides is 1. The zero-order valence-corrected chi connectivity index (χ0v) is 12.3. The molecule has 1 amide bonds. The number of nitrogens with one attached hydrogen (secondary N) is 1. The van der Waals surface area contributed by atoms with Crippen molar-refractivity contribution in [1.82, 2.24) is 0 Å². The second kappa shape index (κ2) is 7.28. The van der Waals surface area contributed by atoms with Crippen molar-refractivity contribution in [2.75, 3.05) is 11.9 Å². The number of ether oxygens (including phenoxy) is 1. The number of halogens is 1. The van der Waals surface area contributed by atoms with Gasteiger partial charge in [0.2, 0.25) is 5.91 Å². The number of hydrogen-bond donors (Lipinski definition) is 3. The van der Waals surface area contributed by atoms with Gasteiger partial charge in [-0.3, -0.25) is 4.79 Å². The van der Waals surface area contributed by atoms with Gasteiger partial charge in [-0.1, -0.05) is 16.8 Å². The molecule has 21 heavy (non-hydrogen) atoms. The van der Waals surface area contributed by atoms with Crippen LogP contribution in [0, 0.1) is 0 Å². The predicted molar refractivity (Wildman–Crippen MR) is 80.8 cm³/mol. The summed E-state index contributed by atoms with van der Waals surface area (Å²) < 4.78 is 5.53. The maximum atomic E-state index is 12.1. The van der Waals surface area contributed by atoms with E-state index < -0.39 is 0 Å². The fraction of sp³-hybridized carbons (Fsp3) is 0.429. The molecule has 1 heterocycles. The summed E-state index contributed by atoms with van der Waals surface area (Å²) in [5.41, 5.74) is 6.42. The Morgan fingerprint density at radius 2 is 2.33 bits per heavy atom. The summed E-state index contributed by atoms with van der Waals surface area (Å²) in [6.45, 7) is 0.699. The summed E-state index contributed by atoms with van der Waals surface area (Å²) in [5, 5.41) is 14.9. The van der Waals surface area contributed by atoms with Gasteiger partial charge in [-0.2, -0.15) is 0 Å². The number of rotatable bonds is 4. The Morgan fingerprint density at radius 3 is 3.00 bits per heavy atom. The van der Waals surface area contributed by atoms with E-state index in [4.69, 9.17) is 27.3 Å². The Morgan fingerprint density at radius 1 is 1.52 bits per heavy atom. The maximum Gasteiger partial charge on any atom is 0.227 e. The minimum atomic E-state index is -0.184. The Hall–Kier alpha value is -1.79. The molecule has 1 saturated heterocycles. The zero-order chi connectivity index (χ0) is 15.2. The summed E-state index contributed by atoms with van der Waals surface area (Å²) in [4.78, 5) is 12.1. The highest BCUT2D eigenvalue weighted by Gasteiger charge is 2.19. The molecule has 0 aliphatic carbocycles. The highest BCUT2D eigenvalue weighted by Crippen LogP contribution is 2.22. The Balaban J connectivity index is 2.07. The predicted octanol–water partition coefficient (Wildman–Crippen LogP) is 2.33. The number of carbonyl (C=O) groups is 1. The molecule has 1 fully saturated rings. The van der Waals surface area contributed by atoms with Gasteiger partial charge in [0.05, 0.1) is 18.2 Å². The van der Waals surface area contributed by atoms with Crippen LogP contribution < -0.4 is 11.1 Å². The number of hydrogen-bond acceptors (Lipinski definition) is 4. The molecule has 0 saturated carbocycles. The number of carbonyl (C=O) groups excluding carboxylic acids is 1. The molecule has 7 heteroatoms. The van der Waals surface area contributed by atoms with Gasteiger partial charge in [0.1, 0.15) is 0 Å². The number of nitrogens with zero attached hydrogens (tertiary/aromatic N) is 1. The molecule has 2 rings (SSSR count). The lowest BCUT2D eigenvalue weighted by Gasteiger charge is -2.22. The zero-order valence-electron chi connectivity index (χ0n) is 11.5. The van der Waals surface area contributed by atoms with Crippen molar-refractivity contribution in [3.63, 3.8) is 0 Å². The van der Waals surface area contributed by atoms with E-state index in [1.165, 1.54) is 0 Å². The molecular weight excluding hydrogens is 294 g/mol. The fourth-order valence-electron chi connectivity index (χ4n) is 2.27. The van der Waals surface area contributed by atoms with Gasteiger partial charge in [0.15, 0.2) is 5.84 Å². The molecule has 1 unspecified atom stereocenters. The average Bonchev–Trinajstić information content (AvgIpc) is 2.47. The largest absolute Gasteiger partial charge is 0.409 e. The summed E-state index contributed by atoms with van der Waals surface area (Å²) in [7, 11) is 0. The molecule has 1 atom stereocenters. The summed E-state index contributed by atoms with van der Waals surface area (Å²) >= 11 is 5.92. The lowest BCUT2D eigenvalue weighted by atomic mass is 10.1. The SMILES string of the molecule is N/C(=N/O)c1ccc(Cl)cc1NC(=O)CC1CCCCO1. The first-order valence-electron chi connectivity index (χ1n) is 6.79. The van der Waals surface area contributed by atoms with Crippen LogP contribution in [0.1, 0.15) is 31.2 Å². The monoisotopic (exact) mass is 311 g/mol. The Bertz CT molecular complexity index is 542. The molecule has 0 aromatic heterocycles. The van der Waals surface area contributed by atoms with E-state index in [1.54, 1.807) is 18.2 Å². The van der Waals surface area contributed by atoms with E-state index in [0.717, 1.165) is 19.3 Å². The summed E-state index contributed by atoms with van der Waals surface area (Å²) in [6.07, 6.45) is 3.23. The highest BCUT2D eigenvalue weighted by molar-refractivity contribution is 6.31. The molecule has 1 aliphatic rings. The van der Waals surface area contributed by atoms with Crippen LogP contribution in [-0.4, -0.2) is 29.7 Å². The van der Waals surface area contributed by atoms with Crippen LogP contribution in [0.15, 0.2) is 23.4 Å². The Kier molecular flexibility index (Phi) is 5.41. The van der Waals surface area contributed by atoms with E-state index >= 15 is 0 Å². The highest BCUT2D eigenvalue weighted by atomic mass is 35.5. The van der Waals surface area contributed by atoms with Gasteiger partial charge in [-0.05, 0) is 37.5 Å². The minimum absolute atomic E-state index is 0.0507. The average molecular weight is 312 g/mol. The molecule has 0 radical (unpaired) electrons. The Labute approximate surface area is 127 Å². The molecule has 1 aromatic rings. The lowest BCUT2D eigenvalue weighted by molar-refractivity contribution is -0.119. The van der Waals surface area contributed by atoms with Gasteiger partial charge in [-0.15, -0.1) is 0 Å². The molecule has 0 bridgehead atoms. The third kappa shape index (κ3) is 4.34. The van der Waals surface area contributed by atoms with Crippen LogP contribution >= 0.6 is 11.6 Å². The second-order valence-corrected chi connectivity index (χ2v) is 5.35. The second-order valence-electron chi connectivity index (χ2n) is 4.92. The molecule has 4 N–H and O–H groups in total. The van der Waals surface area contributed by atoms with Crippen LogP contribution in [0.25, 0.3) is 0 Å². The van der Waals surface area contributed by atoms with Gasteiger partial charge >= 0.3 is 0 Å². The van der Waals surface area contributed by atoms with Crippen molar-refractivity contribution < 1.29 is 14.7 Å². The van der Waals surface area contributed by atoms with E-state index in [0.29, 0.717) is 22.9 Å². The van der Waals surface area contributed by atoms with Crippen molar-refractivity contribution in [3.8, 4) is 0 Å². The number of nitrogens with two attached hydrogens (primary N) is 1. The first kappa shape index (κ1) is 15.6. The number of benzene rings is 1. The van der Waals surface area contributed by atoms with Gasteiger partial charge in [0.25, 0.3) is 0 Å². The summed E-state index contributed by atoms with van der Waals surface area (Å²) in [6, 6.07) is 4.76. The molecule has 1 aromatic carbocycles. The van der Waals surface area contributed by atoms with Crippen LogP contribution in [0.2, 0.25) is 5.02 Å². The van der Waals surface area contributed by atoms with Gasteiger partial charge < -0.3 is 21.0 Å². The topological polar surface area (TPSA) is 96.9 Å². The number of amidine groups is 1. The van der Waals surface area contributed by atoms with Crippen LogP contribution in [0.3, 0.4) is 0 Å². The number of oxime groups is 1. The van der Waals surface area contributed by atoms with Crippen molar-refractivity contribution in [2.24, 2.45) is 10.9 Å². The smallest absolute Gasteiger partial charge is 0.227 e. The molecule has 0 spiro atoms. The molecule has 1 aliphatic heterocycles. The quantitative estimate of drug-likeness (QED) is 0.344. The lowest BCUT2D eigenvalue weighted by Crippen LogP contribution is -2.26. The summed E-state index contributed by atoms with van der Waals surface area (Å²) in [5.74, 6) is -0.271. The van der Waals surface area contributed by atoms with Crippen molar-refractivity contribution in [1.29, 1.82) is 0 Å². The first-order chi connectivity index (χ1) is 10.1. The van der Waals surface area contributed by atoms with E-state index in [-0.39, 0.29) is 24.3 Å². The molecule has 114 valence electrons. The van der Waals surface area contributed by atoms with E-state index in [9.17, 15) is 4.79 Å². The standard InChI is InChI=1S/C14H18ClN3O3/c15-9-4-5-11(14(16)18-20)12(7-9)17-13(19)8-10-3-1-2-6-21-10/h4-5,7,10,20H,1-3,6,8H2,(H2,16,18)(H,17,19).